The Morgan fingerprint density at radius 1 is 1.53 bits per heavy atom. The van der Waals surface area contributed by atoms with Crippen molar-refractivity contribution in [2.45, 2.75) is 32.4 Å². The number of thioether (sulfide) groups is 1. The number of likely N-dealkylation sites (N-methyl/N-ethyl adjacent to an activating group) is 1. The zero-order chi connectivity index (χ0) is 13.7. The summed E-state index contributed by atoms with van der Waals surface area (Å²) in [5.41, 5.74) is 2.22. The molecule has 19 heavy (non-hydrogen) atoms. The van der Waals surface area contributed by atoms with Gasteiger partial charge in [0.05, 0.1) is 12.7 Å². The van der Waals surface area contributed by atoms with Crippen LogP contribution in [0.1, 0.15) is 18.1 Å². The fraction of sp³-hybridized carbons (Fsp3) is 0.600. The van der Waals surface area contributed by atoms with Gasteiger partial charge in [0.25, 0.3) is 0 Å². The second kappa shape index (κ2) is 7.27. The summed E-state index contributed by atoms with van der Waals surface area (Å²) in [4.78, 5) is 0. The molecule has 1 aromatic carbocycles. The average molecular weight is 283 g/mol. The smallest absolute Gasteiger partial charge is 0.123 e. The lowest BCUT2D eigenvalue weighted by Crippen LogP contribution is -2.46. The second-order valence-electron chi connectivity index (χ2n) is 4.92. The quantitative estimate of drug-likeness (QED) is 0.898. The van der Waals surface area contributed by atoms with Gasteiger partial charge in [-0.15, -0.1) is 0 Å². The molecule has 0 saturated carbocycles. The first-order valence-corrected chi connectivity index (χ1v) is 8.04. The Hall–Kier alpha value is -0.580. The molecule has 2 unspecified atom stereocenters. The van der Waals surface area contributed by atoms with Crippen LogP contribution >= 0.6 is 11.8 Å². The van der Waals surface area contributed by atoms with Crippen LogP contribution in [0.25, 0.3) is 0 Å². The number of nitrogens with one attached hydrogen (secondary N) is 1. The highest BCUT2D eigenvalue weighted by atomic mass is 32.2. The molecule has 2 rings (SSSR count). The highest BCUT2D eigenvalue weighted by Gasteiger charge is 2.24. The van der Waals surface area contributed by atoms with Crippen LogP contribution in [0, 0.1) is 12.7 Å². The molecule has 1 heterocycles. The molecule has 2 nitrogen and oxygen atoms in total. The number of halogens is 1. The molecule has 4 heteroatoms. The second-order valence-corrected chi connectivity index (χ2v) is 6.07. The summed E-state index contributed by atoms with van der Waals surface area (Å²) in [5, 5.41) is 3.49. The Bertz CT molecular complexity index is 407. The lowest BCUT2D eigenvalue weighted by molar-refractivity contribution is 0.0475. The van der Waals surface area contributed by atoms with Crippen LogP contribution in [-0.4, -0.2) is 36.8 Å². The van der Waals surface area contributed by atoms with Gasteiger partial charge in [-0.3, -0.25) is 0 Å². The van der Waals surface area contributed by atoms with Crippen molar-refractivity contribution in [3.05, 3.63) is 35.1 Å². The maximum Gasteiger partial charge on any atom is 0.123 e. The zero-order valence-corrected chi connectivity index (χ0v) is 12.4. The molecular weight excluding hydrogens is 261 g/mol. The lowest BCUT2D eigenvalue weighted by atomic mass is 9.98. The van der Waals surface area contributed by atoms with E-state index in [4.69, 9.17) is 4.74 Å². The minimum Gasteiger partial charge on any atom is -0.375 e. The summed E-state index contributed by atoms with van der Waals surface area (Å²) in [6, 6.07) is 5.28. The van der Waals surface area contributed by atoms with E-state index in [1.807, 2.05) is 24.8 Å². The van der Waals surface area contributed by atoms with Gasteiger partial charge in [-0.2, -0.15) is 11.8 Å². The Labute approximate surface area is 119 Å². The summed E-state index contributed by atoms with van der Waals surface area (Å²) in [5.74, 6) is 1.94. The van der Waals surface area contributed by atoms with Gasteiger partial charge in [0.1, 0.15) is 5.82 Å². The topological polar surface area (TPSA) is 21.3 Å². The van der Waals surface area contributed by atoms with Crippen molar-refractivity contribution in [3.8, 4) is 0 Å². The minimum absolute atomic E-state index is 0.158. The van der Waals surface area contributed by atoms with Crippen LogP contribution in [0.3, 0.4) is 0 Å². The normalized spacial score (nSPS) is 21.3. The van der Waals surface area contributed by atoms with E-state index in [1.165, 1.54) is 6.07 Å². The van der Waals surface area contributed by atoms with Crippen molar-refractivity contribution in [1.29, 1.82) is 0 Å². The molecule has 0 spiro atoms. The Balaban J connectivity index is 2.08. The van der Waals surface area contributed by atoms with E-state index < -0.39 is 0 Å². The molecule has 1 N–H and O–H groups in total. The summed E-state index contributed by atoms with van der Waals surface area (Å²) in [7, 11) is 0. The van der Waals surface area contributed by atoms with Crippen LogP contribution in [0.4, 0.5) is 4.39 Å². The van der Waals surface area contributed by atoms with Crippen molar-refractivity contribution in [2.75, 3.05) is 24.7 Å². The van der Waals surface area contributed by atoms with Gasteiger partial charge in [-0.1, -0.05) is 13.0 Å². The van der Waals surface area contributed by atoms with Gasteiger partial charge in [-0.25, -0.2) is 4.39 Å². The van der Waals surface area contributed by atoms with Crippen LogP contribution in [0.2, 0.25) is 0 Å². The molecule has 2 atom stereocenters. The number of hydrogen-bond donors (Lipinski definition) is 1. The fourth-order valence-electron chi connectivity index (χ4n) is 2.43. The van der Waals surface area contributed by atoms with E-state index >= 15 is 0 Å². The van der Waals surface area contributed by atoms with E-state index in [-0.39, 0.29) is 18.0 Å². The molecule has 1 fully saturated rings. The number of rotatable bonds is 5. The lowest BCUT2D eigenvalue weighted by Gasteiger charge is -2.31. The Kier molecular flexibility index (Phi) is 5.67. The first-order chi connectivity index (χ1) is 9.20. The van der Waals surface area contributed by atoms with Crippen molar-refractivity contribution in [2.24, 2.45) is 0 Å². The third-order valence-corrected chi connectivity index (χ3v) is 4.53. The van der Waals surface area contributed by atoms with Crippen LogP contribution in [0.15, 0.2) is 18.2 Å². The van der Waals surface area contributed by atoms with E-state index in [9.17, 15) is 4.39 Å². The molecule has 0 aromatic heterocycles. The Morgan fingerprint density at radius 3 is 3.05 bits per heavy atom. The van der Waals surface area contributed by atoms with Gasteiger partial charge < -0.3 is 10.1 Å². The van der Waals surface area contributed by atoms with Crippen molar-refractivity contribution in [1.82, 2.24) is 5.32 Å². The number of hydrogen-bond acceptors (Lipinski definition) is 3. The third-order valence-electron chi connectivity index (χ3n) is 3.51. The van der Waals surface area contributed by atoms with Crippen molar-refractivity contribution >= 4 is 11.8 Å². The number of benzene rings is 1. The van der Waals surface area contributed by atoms with Gasteiger partial charge in [0.2, 0.25) is 0 Å². The predicted molar refractivity (Wildman–Crippen MR) is 79.4 cm³/mol. The predicted octanol–water partition coefficient (Wildman–Crippen LogP) is 2.79. The summed E-state index contributed by atoms with van der Waals surface area (Å²) in [6.07, 6.45) is 1.05. The van der Waals surface area contributed by atoms with E-state index in [1.54, 1.807) is 6.07 Å². The minimum atomic E-state index is -0.158. The zero-order valence-electron chi connectivity index (χ0n) is 11.6. The SMILES string of the molecule is CCNC(Cc1cc(F)ccc1C)C1CSCCO1. The molecule has 1 saturated heterocycles. The number of aryl methyl sites for hydroxylation is 1. The molecule has 1 aliphatic rings. The van der Waals surface area contributed by atoms with Crippen LogP contribution < -0.4 is 5.32 Å². The number of ether oxygens (including phenoxy) is 1. The Morgan fingerprint density at radius 2 is 2.37 bits per heavy atom. The van der Waals surface area contributed by atoms with Gasteiger partial charge in [0, 0.05) is 17.5 Å². The first kappa shape index (κ1) is 14.8. The maximum absolute atomic E-state index is 13.4. The third kappa shape index (κ3) is 4.20. The molecule has 0 radical (unpaired) electrons. The van der Waals surface area contributed by atoms with Gasteiger partial charge in [0.15, 0.2) is 0 Å². The first-order valence-electron chi connectivity index (χ1n) is 6.88. The highest BCUT2D eigenvalue weighted by molar-refractivity contribution is 7.99. The molecule has 0 amide bonds. The monoisotopic (exact) mass is 283 g/mol. The maximum atomic E-state index is 13.4. The molecule has 0 aliphatic carbocycles. The molecule has 106 valence electrons. The molecule has 1 aliphatic heterocycles. The van der Waals surface area contributed by atoms with Crippen LogP contribution in [-0.2, 0) is 11.2 Å². The highest BCUT2D eigenvalue weighted by Crippen LogP contribution is 2.20. The van der Waals surface area contributed by atoms with Crippen molar-refractivity contribution in [3.63, 3.8) is 0 Å². The van der Waals surface area contributed by atoms with Crippen LogP contribution in [0.5, 0.6) is 0 Å². The molecule has 0 bridgehead atoms. The van der Waals surface area contributed by atoms with Crippen molar-refractivity contribution < 1.29 is 9.13 Å². The van der Waals surface area contributed by atoms with E-state index in [0.717, 1.165) is 42.2 Å². The average Bonchev–Trinajstić information content (AvgIpc) is 2.43. The van der Waals surface area contributed by atoms with Gasteiger partial charge in [-0.05, 0) is 43.1 Å². The molecule has 1 aromatic rings. The summed E-state index contributed by atoms with van der Waals surface area (Å²) in [6.45, 7) is 5.86. The van der Waals surface area contributed by atoms with E-state index in [0.29, 0.717) is 0 Å². The van der Waals surface area contributed by atoms with Gasteiger partial charge >= 0.3 is 0 Å². The summed E-state index contributed by atoms with van der Waals surface area (Å²) >= 11 is 1.94. The standard InChI is InChI=1S/C15H22FNOS/c1-3-17-14(15-10-19-7-6-18-15)9-12-8-13(16)5-4-11(12)2/h4-5,8,14-15,17H,3,6-7,9-10H2,1-2H3. The van der Waals surface area contributed by atoms with E-state index in [2.05, 4.69) is 12.2 Å². The largest absolute Gasteiger partial charge is 0.375 e. The summed E-state index contributed by atoms with van der Waals surface area (Å²) < 4.78 is 19.2. The molecular formula is C15H22FNOS. The fourth-order valence-corrected chi connectivity index (χ4v) is 3.37.